The van der Waals surface area contributed by atoms with Gasteiger partial charge in [0.2, 0.25) is 0 Å². The largest absolute Gasteiger partial charge is 0.494 e. The third-order valence-corrected chi connectivity index (χ3v) is 13.0. The fourth-order valence-corrected chi connectivity index (χ4v) is 8.32. The van der Waals surface area contributed by atoms with Gasteiger partial charge in [0.25, 0.3) is 0 Å². The average molecular weight is 920 g/mol. The fourth-order valence-electron chi connectivity index (χ4n) is 7.61. The zero-order valence-electron chi connectivity index (χ0n) is 38.8. The van der Waals surface area contributed by atoms with Crippen molar-refractivity contribution in [3.8, 4) is 41.3 Å². The molecule has 0 aliphatic carbocycles. The maximum atomic E-state index is 12.6. The molecule has 2 N–H and O–H groups in total. The Bertz CT molecular complexity index is 3270. The second kappa shape index (κ2) is 21.4. The Kier molecular flexibility index (Phi) is 14.1. The lowest BCUT2D eigenvalue weighted by Gasteiger charge is -2.15. The first-order valence-corrected chi connectivity index (χ1v) is 26.8. The van der Waals surface area contributed by atoms with Gasteiger partial charge in [-0.25, -0.2) is 29.7 Å². The van der Waals surface area contributed by atoms with E-state index in [0.717, 1.165) is 76.2 Å². The van der Waals surface area contributed by atoms with Gasteiger partial charge in [-0.15, -0.1) is 0 Å². The molecule has 0 spiro atoms. The van der Waals surface area contributed by atoms with E-state index in [9.17, 15) is 4.79 Å². The highest BCUT2D eigenvalue weighted by Gasteiger charge is 2.17. The van der Waals surface area contributed by atoms with E-state index in [1.54, 1.807) is 30.7 Å². The Balaban J connectivity index is 1.09. The number of esters is 1. The van der Waals surface area contributed by atoms with Crippen LogP contribution in [0, 0.1) is 35.5 Å². The summed E-state index contributed by atoms with van der Waals surface area (Å²) in [5.41, 5.74) is 11.8. The standard InChI is InChI=1S/C58H49N7O3Si/c1-69(2,3)40-39-68-58(66)41-17-22-45(23-18-41)67-38-12-4-5-16-46-50-27-29-52(62-50)47(24-19-42-13-6-9-35-59-42)54-31-33-56(64-54)49(26-21-44-15-8-11-37-61-44)57-34-32-55(65-57)48(53-30-28-51(46)63-53)25-20-43-14-7-10-36-60-43/h6-11,13-15,17-18,22-23,27-37,62-63H,4-5,12,16,38-40H2,1-3H3. The molecule has 0 amide bonds. The molecule has 0 saturated carbocycles. The van der Waals surface area contributed by atoms with Crippen LogP contribution in [0.3, 0.4) is 0 Å². The van der Waals surface area contributed by atoms with Crippen LogP contribution in [-0.2, 0) is 11.2 Å². The van der Waals surface area contributed by atoms with Crippen molar-refractivity contribution in [2.24, 2.45) is 0 Å². The van der Waals surface area contributed by atoms with Gasteiger partial charge in [-0.3, -0.25) is 0 Å². The Morgan fingerprint density at radius 1 is 0.522 bits per heavy atom. The van der Waals surface area contributed by atoms with Gasteiger partial charge in [-0.05, 0) is 164 Å². The van der Waals surface area contributed by atoms with Gasteiger partial charge in [0.05, 0.1) is 69.3 Å². The first kappa shape index (κ1) is 45.6. The van der Waals surface area contributed by atoms with Crippen molar-refractivity contribution in [3.63, 3.8) is 0 Å². The summed E-state index contributed by atoms with van der Waals surface area (Å²) >= 11 is 0. The number of hydrogen-bond acceptors (Lipinski definition) is 8. The minimum atomic E-state index is -1.29. The number of ether oxygens (including phenoxy) is 2. The van der Waals surface area contributed by atoms with Crippen LogP contribution in [0.4, 0.5) is 0 Å². The molecular formula is C58H49N7O3Si. The molecular weight excluding hydrogens is 871 g/mol. The van der Waals surface area contributed by atoms with Crippen molar-refractivity contribution in [3.05, 3.63) is 189 Å². The normalized spacial score (nSPS) is 11.4. The van der Waals surface area contributed by atoms with Crippen LogP contribution in [-0.4, -0.2) is 62.1 Å². The smallest absolute Gasteiger partial charge is 0.338 e. The predicted molar refractivity (Wildman–Crippen MR) is 277 cm³/mol. The summed E-state index contributed by atoms with van der Waals surface area (Å²) in [6.07, 6.45) is 16.5. The quantitative estimate of drug-likeness (QED) is 0.0567. The number of aromatic nitrogens is 7. The van der Waals surface area contributed by atoms with E-state index in [4.69, 9.17) is 19.4 Å². The van der Waals surface area contributed by atoms with Crippen LogP contribution < -0.4 is 4.74 Å². The number of H-pyrrole nitrogens is 2. The SMILES string of the molecule is C[Si](C)(C)CCOC(=O)c1ccc(OCCCCCc2c3ccc([nH]3)c(C#Cc3ccccn3)c3nc(c(C#Cc4ccccn4)c4nc(c(C#Cc5ccccn5)c5ccc2[nH]5)C=C4)C=C3)cc1. The summed E-state index contributed by atoms with van der Waals surface area (Å²) < 4.78 is 11.6. The van der Waals surface area contributed by atoms with Gasteiger partial charge < -0.3 is 19.4 Å². The number of carbonyl (C=O) groups is 1. The molecule has 69 heavy (non-hydrogen) atoms. The molecule has 0 fully saturated rings. The molecule has 0 saturated heterocycles. The zero-order chi connectivity index (χ0) is 47.4. The number of aromatic amines is 2. The van der Waals surface area contributed by atoms with E-state index < -0.39 is 8.07 Å². The lowest BCUT2D eigenvalue weighted by Crippen LogP contribution is -2.22. The van der Waals surface area contributed by atoms with Crippen molar-refractivity contribution in [2.75, 3.05) is 13.2 Å². The molecule has 0 unspecified atom stereocenters. The number of aryl methyl sites for hydroxylation is 1. The summed E-state index contributed by atoms with van der Waals surface area (Å²) in [5, 5.41) is 0. The maximum absolute atomic E-state index is 12.6. The van der Waals surface area contributed by atoms with Crippen LogP contribution in [0.1, 0.15) is 91.7 Å². The maximum Gasteiger partial charge on any atom is 0.338 e. The Labute approximate surface area is 403 Å². The molecule has 7 aromatic rings. The molecule has 8 bridgehead atoms. The molecule has 2 aliphatic rings. The molecule has 2 aliphatic heterocycles. The first-order chi connectivity index (χ1) is 33.7. The van der Waals surface area contributed by atoms with Crippen LogP contribution in [0.2, 0.25) is 25.7 Å². The molecule has 1 aromatic carbocycles. The Hall–Kier alpha value is -8.56. The molecule has 9 rings (SSSR count). The number of rotatable bonds is 11. The molecule has 8 heterocycles. The number of nitrogens with zero attached hydrogens (tertiary/aromatic N) is 5. The first-order valence-electron chi connectivity index (χ1n) is 23.1. The minimum absolute atomic E-state index is 0.299. The van der Waals surface area contributed by atoms with E-state index in [2.05, 4.69) is 104 Å². The second-order valence-corrected chi connectivity index (χ2v) is 23.3. The molecule has 10 nitrogen and oxygen atoms in total. The summed E-state index contributed by atoms with van der Waals surface area (Å²) in [5.74, 6) is 20.4. The van der Waals surface area contributed by atoms with Crippen LogP contribution >= 0.6 is 0 Å². The predicted octanol–water partition coefficient (Wildman–Crippen LogP) is 11.3. The van der Waals surface area contributed by atoms with Crippen molar-refractivity contribution < 1.29 is 14.3 Å². The lowest BCUT2D eigenvalue weighted by atomic mass is 10.1. The van der Waals surface area contributed by atoms with Crippen LogP contribution in [0.25, 0.3) is 46.4 Å². The molecule has 11 heteroatoms. The monoisotopic (exact) mass is 919 g/mol. The molecule has 6 aromatic heterocycles. The van der Waals surface area contributed by atoms with Gasteiger partial charge in [0.15, 0.2) is 0 Å². The highest BCUT2D eigenvalue weighted by atomic mass is 28.3. The number of hydrogen-bond donors (Lipinski definition) is 2. The number of benzene rings is 1. The Morgan fingerprint density at radius 3 is 1.48 bits per heavy atom. The third-order valence-electron chi connectivity index (χ3n) is 11.3. The lowest BCUT2D eigenvalue weighted by molar-refractivity contribution is 0.0525. The average Bonchev–Trinajstić information content (AvgIpc) is 4.22. The highest BCUT2D eigenvalue weighted by molar-refractivity contribution is 6.76. The second-order valence-electron chi connectivity index (χ2n) is 17.6. The molecule has 0 atom stereocenters. The van der Waals surface area contributed by atoms with Gasteiger partial charge in [0.1, 0.15) is 22.8 Å². The van der Waals surface area contributed by atoms with Gasteiger partial charge in [0, 0.05) is 37.7 Å². The van der Waals surface area contributed by atoms with Crippen molar-refractivity contribution in [1.82, 2.24) is 34.9 Å². The van der Waals surface area contributed by atoms with Crippen molar-refractivity contribution >= 4 is 60.4 Å². The summed E-state index contributed by atoms with van der Waals surface area (Å²) in [7, 11) is -1.29. The number of pyridine rings is 3. The fraction of sp³-hybridized carbons (Fsp3) is 0.172. The van der Waals surface area contributed by atoms with E-state index in [0.29, 0.717) is 64.2 Å². The topological polar surface area (TPSA) is 132 Å². The number of nitrogens with one attached hydrogen (secondary N) is 2. The number of carbonyl (C=O) groups excluding carboxylic acids is 1. The van der Waals surface area contributed by atoms with E-state index in [1.807, 2.05) is 91.0 Å². The number of fused-ring (bicyclic) bond motifs is 8. The minimum Gasteiger partial charge on any atom is -0.494 e. The van der Waals surface area contributed by atoms with Crippen LogP contribution in [0.5, 0.6) is 5.75 Å². The van der Waals surface area contributed by atoms with Crippen LogP contribution in [0.15, 0.2) is 122 Å². The van der Waals surface area contributed by atoms with E-state index >= 15 is 0 Å². The summed E-state index contributed by atoms with van der Waals surface area (Å²) in [6.45, 7) is 7.80. The molecule has 0 radical (unpaired) electrons. The molecule has 338 valence electrons. The van der Waals surface area contributed by atoms with E-state index in [1.165, 1.54) is 0 Å². The van der Waals surface area contributed by atoms with Gasteiger partial charge in [-0.1, -0.05) is 55.6 Å². The van der Waals surface area contributed by atoms with Crippen molar-refractivity contribution in [1.29, 1.82) is 0 Å². The Morgan fingerprint density at radius 2 is 1.00 bits per heavy atom. The summed E-state index contributed by atoms with van der Waals surface area (Å²) in [6, 6.07) is 33.5. The summed E-state index contributed by atoms with van der Waals surface area (Å²) in [4.78, 5) is 43.8. The zero-order valence-corrected chi connectivity index (χ0v) is 39.8. The van der Waals surface area contributed by atoms with Gasteiger partial charge in [-0.2, -0.15) is 0 Å². The van der Waals surface area contributed by atoms with E-state index in [-0.39, 0.29) is 5.97 Å². The van der Waals surface area contributed by atoms with Crippen molar-refractivity contribution in [2.45, 2.75) is 51.4 Å². The number of unbranched alkanes of at least 4 members (excludes halogenated alkanes) is 2. The highest BCUT2D eigenvalue weighted by Crippen LogP contribution is 2.28. The van der Waals surface area contributed by atoms with Gasteiger partial charge >= 0.3 is 5.97 Å². The third kappa shape index (κ3) is 11.9.